The van der Waals surface area contributed by atoms with E-state index in [0.29, 0.717) is 0 Å². The van der Waals surface area contributed by atoms with Gasteiger partial charge in [0, 0.05) is 32.9 Å². The minimum atomic E-state index is 1.16. The van der Waals surface area contributed by atoms with Crippen LogP contribution in [0.4, 0.5) is 0 Å². The summed E-state index contributed by atoms with van der Waals surface area (Å²) in [7, 11) is 0. The van der Waals surface area contributed by atoms with Gasteiger partial charge in [0.15, 0.2) is 0 Å². The maximum absolute atomic E-state index is 2.43. The van der Waals surface area contributed by atoms with Crippen LogP contribution in [-0.2, 0) is 0 Å². The Bertz CT molecular complexity index is 2770. The fourth-order valence-electron chi connectivity index (χ4n) is 7.58. The van der Waals surface area contributed by atoms with E-state index in [9.17, 15) is 0 Å². The molecule has 2 nitrogen and oxygen atoms in total. The standard InChI is InChI=1S/C44H28N2/c1-2-13-33(14-3-1)45-41-19-8-6-16-37(41)39-25-32-28-44-40(26-31(32)27-43(39)45)38-17-7-9-20-42(38)46(44)34-23-21-30(22-24-34)36-18-10-12-29-11-4-5-15-35(29)36/h1-28H. The van der Waals surface area contributed by atoms with Crippen molar-refractivity contribution in [2.45, 2.75) is 0 Å². The Hall–Kier alpha value is -6.12. The van der Waals surface area contributed by atoms with Crippen LogP contribution in [0.15, 0.2) is 170 Å². The molecule has 0 aliphatic heterocycles. The molecule has 0 aliphatic carbocycles. The predicted octanol–water partition coefficient (Wildman–Crippen LogP) is 11.9. The summed E-state index contributed by atoms with van der Waals surface area (Å²) >= 11 is 0. The molecule has 0 unspecified atom stereocenters. The molecule has 0 bridgehead atoms. The van der Waals surface area contributed by atoms with Crippen molar-refractivity contribution < 1.29 is 0 Å². The number of nitrogens with zero attached hydrogens (tertiary/aromatic N) is 2. The van der Waals surface area contributed by atoms with Crippen LogP contribution in [0, 0.1) is 0 Å². The highest BCUT2D eigenvalue weighted by Gasteiger charge is 2.17. The van der Waals surface area contributed by atoms with Crippen molar-refractivity contribution in [3.05, 3.63) is 170 Å². The van der Waals surface area contributed by atoms with Crippen LogP contribution in [-0.4, -0.2) is 9.13 Å². The van der Waals surface area contributed by atoms with Gasteiger partial charge in [0.25, 0.3) is 0 Å². The smallest absolute Gasteiger partial charge is 0.0547 e. The van der Waals surface area contributed by atoms with Crippen molar-refractivity contribution in [1.82, 2.24) is 9.13 Å². The summed E-state index contributed by atoms with van der Waals surface area (Å²) in [6.45, 7) is 0. The molecule has 10 aromatic rings. The summed E-state index contributed by atoms with van der Waals surface area (Å²) in [5.41, 5.74) is 9.72. The van der Waals surface area contributed by atoms with Crippen LogP contribution in [0.3, 0.4) is 0 Å². The Kier molecular flexibility index (Phi) is 5.31. The maximum atomic E-state index is 2.43. The summed E-state index contributed by atoms with van der Waals surface area (Å²) in [5.74, 6) is 0. The molecule has 2 aromatic heterocycles. The molecule has 0 atom stereocenters. The number of hydrogen-bond acceptors (Lipinski definition) is 0. The highest BCUT2D eigenvalue weighted by molar-refractivity contribution is 6.18. The Labute approximate surface area is 266 Å². The third-order valence-electron chi connectivity index (χ3n) is 9.66. The van der Waals surface area contributed by atoms with Crippen molar-refractivity contribution in [3.8, 4) is 22.5 Å². The molecule has 2 heterocycles. The van der Waals surface area contributed by atoms with Gasteiger partial charge in [0.05, 0.1) is 22.1 Å². The number of aromatic nitrogens is 2. The normalized spacial score (nSPS) is 11.9. The van der Waals surface area contributed by atoms with Gasteiger partial charge in [0.1, 0.15) is 0 Å². The molecule has 46 heavy (non-hydrogen) atoms. The lowest BCUT2D eigenvalue weighted by Gasteiger charge is -2.11. The van der Waals surface area contributed by atoms with E-state index in [1.165, 1.54) is 82.0 Å². The SMILES string of the molecule is c1ccc(-n2c3ccccc3c3cc4cc5c(cc4cc32)c2ccccc2n5-c2ccc(-c3cccc4ccccc34)cc2)cc1. The van der Waals surface area contributed by atoms with Gasteiger partial charge in [0.2, 0.25) is 0 Å². The van der Waals surface area contributed by atoms with Gasteiger partial charge in [-0.15, -0.1) is 0 Å². The lowest BCUT2D eigenvalue weighted by Crippen LogP contribution is -1.94. The first-order chi connectivity index (χ1) is 22.8. The van der Waals surface area contributed by atoms with Gasteiger partial charge in [-0.05, 0) is 93.3 Å². The largest absolute Gasteiger partial charge is 0.309 e. The number of benzene rings is 8. The van der Waals surface area contributed by atoms with Gasteiger partial charge in [-0.1, -0.05) is 109 Å². The molecule has 0 spiro atoms. The zero-order valence-corrected chi connectivity index (χ0v) is 25.1. The zero-order valence-electron chi connectivity index (χ0n) is 25.1. The highest BCUT2D eigenvalue weighted by atomic mass is 15.0. The number of rotatable bonds is 3. The fourth-order valence-corrected chi connectivity index (χ4v) is 7.58. The van der Waals surface area contributed by atoms with Crippen molar-refractivity contribution in [1.29, 1.82) is 0 Å². The molecule has 8 aromatic carbocycles. The first kappa shape index (κ1) is 25.2. The second-order valence-electron chi connectivity index (χ2n) is 12.2. The van der Waals surface area contributed by atoms with Gasteiger partial charge >= 0.3 is 0 Å². The third kappa shape index (κ3) is 3.65. The fraction of sp³-hybridized carbons (Fsp3) is 0. The summed E-state index contributed by atoms with van der Waals surface area (Å²) in [6, 6.07) is 62.0. The van der Waals surface area contributed by atoms with E-state index < -0.39 is 0 Å². The van der Waals surface area contributed by atoms with Crippen LogP contribution >= 0.6 is 0 Å². The summed E-state index contributed by atoms with van der Waals surface area (Å²) in [4.78, 5) is 0. The summed E-state index contributed by atoms with van der Waals surface area (Å²) < 4.78 is 4.82. The average molecular weight is 585 g/mol. The second kappa shape index (κ2) is 9.69. The topological polar surface area (TPSA) is 9.86 Å². The van der Waals surface area contributed by atoms with Crippen molar-refractivity contribution in [2.75, 3.05) is 0 Å². The van der Waals surface area contributed by atoms with E-state index in [4.69, 9.17) is 0 Å². The molecule has 214 valence electrons. The summed E-state index contributed by atoms with van der Waals surface area (Å²) in [5, 5.41) is 10.1. The van der Waals surface area contributed by atoms with Crippen LogP contribution < -0.4 is 0 Å². The highest BCUT2D eigenvalue weighted by Crippen LogP contribution is 2.39. The van der Waals surface area contributed by atoms with Crippen LogP contribution in [0.2, 0.25) is 0 Å². The van der Waals surface area contributed by atoms with Gasteiger partial charge in [-0.2, -0.15) is 0 Å². The Morgan fingerprint density at radius 3 is 1.41 bits per heavy atom. The monoisotopic (exact) mass is 584 g/mol. The molecule has 0 N–H and O–H groups in total. The second-order valence-corrected chi connectivity index (χ2v) is 12.2. The number of para-hydroxylation sites is 3. The molecule has 0 saturated carbocycles. The number of fused-ring (bicyclic) bond motifs is 8. The average Bonchev–Trinajstić information content (AvgIpc) is 3.61. The van der Waals surface area contributed by atoms with E-state index in [2.05, 4.69) is 179 Å². The lowest BCUT2D eigenvalue weighted by molar-refractivity contribution is 1.18. The van der Waals surface area contributed by atoms with E-state index in [-0.39, 0.29) is 0 Å². The minimum absolute atomic E-state index is 1.16. The van der Waals surface area contributed by atoms with E-state index >= 15 is 0 Å². The molecule has 0 amide bonds. The van der Waals surface area contributed by atoms with E-state index in [1.54, 1.807) is 0 Å². The van der Waals surface area contributed by atoms with Crippen LogP contribution in [0.25, 0.3) is 87.7 Å². The van der Waals surface area contributed by atoms with Crippen molar-refractivity contribution in [2.24, 2.45) is 0 Å². The first-order valence-corrected chi connectivity index (χ1v) is 15.9. The molecule has 2 heteroatoms. The van der Waals surface area contributed by atoms with Crippen molar-refractivity contribution in [3.63, 3.8) is 0 Å². The number of hydrogen-bond donors (Lipinski definition) is 0. The molecular weight excluding hydrogens is 556 g/mol. The lowest BCUT2D eigenvalue weighted by atomic mass is 9.98. The predicted molar refractivity (Wildman–Crippen MR) is 196 cm³/mol. The van der Waals surface area contributed by atoms with Crippen LogP contribution in [0.1, 0.15) is 0 Å². The Balaban J connectivity index is 1.21. The molecule has 0 aliphatic rings. The van der Waals surface area contributed by atoms with Crippen LogP contribution in [0.5, 0.6) is 0 Å². The first-order valence-electron chi connectivity index (χ1n) is 15.9. The molecule has 0 radical (unpaired) electrons. The quantitative estimate of drug-likeness (QED) is 0.195. The molecule has 0 saturated heterocycles. The van der Waals surface area contributed by atoms with Gasteiger partial charge < -0.3 is 9.13 Å². The molecule has 10 rings (SSSR count). The third-order valence-corrected chi connectivity index (χ3v) is 9.66. The summed E-state index contributed by atoms with van der Waals surface area (Å²) in [6.07, 6.45) is 0. The Morgan fingerprint density at radius 1 is 0.283 bits per heavy atom. The molecular formula is C44H28N2. The zero-order chi connectivity index (χ0) is 30.2. The van der Waals surface area contributed by atoms with E-state index in [0.717, 1.165) is 5.69 Å². The van der Waals surface area contributed by atoms with Crippen molar-refractivity contribution >= 4 is 65.2 Å². The minimum Gasteiger partial charge on any atom is -0.309 e. The maximum Gasteiger partial charge on any atom is 0.0547 e. The Morgan fingerprint density at radius 2 is 0.783 bits per heavy atom. The van der Waals surface area contributed by atoms with E-state index in [1.807, 2.05) is 0 Å². The molecule has 0 fully saturated rings. The van der Waals surface area contributed by atoms with Gasteiger partial charge in [-0.25, -0.2) is 0 Å². The van der Waals surface area contributed by atoms with Gasteiger partial charge in [-0.3, -0.25) is 0 Å².